The second kappa shape index (κ2) is 8.76. The van der Waals surface area contributed by atoms with E-state index in [1.165, 1.54) is 12.1 Å². The minimum Gasteiger partial charge on any atom is -0.326 e. The molecule has 1 aromatic carbocycles. The van der Waals surface area contributed by atoms with Gasteiger partial charge >= 0.3 is 0 Å². The van der Waals surface area contributed by atoms with Crippen molar-refractivity contribution >= 4 is 21.6 Å². The number of nitrogens with one attached hydrogen (secondary N) is 3. The number of sulfonamides is 1. The Labute approximate surface area is 126 Å². The minimum absolute atomic E-state index is 0.0787. The summed E-state index contributed by atoms with van der Waals surface area (Å²) in [5.74, 6) is -0.0787. The van der Waals surface area contributed by atoms with Gasteiger partial charge in [0, 0.05) is 18.7 Å². The van der Waals surface area contributed by atoms with Gasteiger partial charge in [-0.15, -0.1) is 0 Å². The van der Waals surface area contributed by atoms with Crippen LogP contribution in [-0.4, -0.2) is 34.5 Å². The van der Waals surface area contributed by atoms with E-state index in [0.717, 1.165) is 19.4 Å². The summed E-state index contributed by atoms with van der Waals surface area (Å²) in [6, 6.07) is 6.16. The molecule has 21 heavy (non-hydrogen) atoms. The lowest BCUT2D eigenvalue weighted by atomic mass is 10.2. The molecule has 3 N–H and O–H groups in total. The third-order valence-corrected chi connectivity index (χ3v) is 4.30. The van der Waals surface area contributed by atoms with E-state index in [1.54, 1.807) is 12.1 Å². The van der Waals surface area contributed by atoms with Crippen LogP contribution in [0.1, 0.15) is 26.2 Å². The highest BCUT2D eigenvalue weighted by Gasteiger charge is 2.12. The standard InChI is InChI=1S/C14H23N3O3S/c1-3-10-16-21(19,20)13-8-6-12(7-9-13)17-14(18)5-4-11-15-2/h6-9,15-16H,3-5,10-11H2,1-2H3,(H,17,18). The van der Waals surface area contributed by atoms with Gasteiger partial charge in [-0.3, -0.25) is 4.79 Å². The van der Waals surface area contributed by atoms with Crippen LogP contribution in [0.5, 0.6) is 0 Å². The van der Waals surface area contributed by atoms with Crippen LogP contribution in [0, 0.1) is 0 Å². The fraction of sp³-hybridized carbons (Fsp3) is 0.500. The first-order valence-corrected chi connectivity index (χ1v) is 8.52. The lowest BCUT2D eigenvalue weighted by Crippen LogP contribution is -2.24. The molecular formula is C14H23N3O3S. The number of carbonyl (C=O) groups excluding carboxylic acids is 1. The van der Waals surface area contributed by atoms with Crippen LogP contribution < -0.4 is 15.4 Å². The topological polar surface area (TPSA) is 87.3 Å². The summed E-state index contributed by atoms with van der Waals surface area (Å²) in [6.07, 6.45) is 1.93. The molecule has 0 atom stereocenters. The van der Waals surface area contributed by atoms with Gasteiger partial charge in [0.05, 0.1) is 4.90 Å². The van der Waals surface area contributed by atoms with Crippen LogP contribution in [0.15, 0.2) is 29.2 Å². The van der Waals surface area contributed by atoms with Crippen LogP contribution in [0.3, 0.4) is 0 Å². The Morgan fingerprint density at radius 1 is 1.14 bits per heavy atom. The van der Waals surface area contributed by atoms with E-state index >= 15 is 0 Å². The summed E-state index contributed by atoms with van der Waals surface area (Å²) < 4.78 is 26.3. The average Bonchev–Trinajstić information content (AvgIpc) is 2.46. The average molecular weight is 313 g/mol. The molecule has 0 saturated carbocycles. The first-order chi connectivity index (χ1) is 9.99. The van der Waals surface area contributed by atoms with E-state index < -0.39 is 10.0 Å². The second-order valence-electron chi connectivity index (χ2n) is 4.68. The Hall–Kier alpha value is -1.44. The molecule has 0 aliphatic carbocycles. The molecule has 6 nitrogen and oxygen atoms in total. The van der Waals surface area contributed by atoms with Crippen molar-refractivity contribution in [1.82, 2.24) is 10.0 Å². The zero-order valence-corrected chi connectivity index (χ0v) is 13.3. The Morgan fingerprint density at radius 3 is 2.38 bits per heavy atom. The Morgan fingerprint density at radius 2 is 1.81 bits per heavy atom. The quantitative estimate of drug-likeness (QED) is 0.600. The third kappa shape index (κ3) is 6.24. The number of carbonyl (C=O) groups is 1. The molecule has 1 rings (SSSR count). The Kier molecular flexibility index (Phi) is 7.35. The number of rotatable bonds is 9. The van der Waals surface area contributed by atoms with Crippen molar-refractivity contribution in [2.75, 3.05) is 25.5 Å². The molecule has 0 radical (unpaired) electrons. The van der Waals surface area contributed by atoms with Crippen molar-refractivity contribution in [3.05, 3.63) is 24.3 Å². The lowest BCUT2D eigenvalue weighted by molar-refractivity contribution is -0.116. The molecule has 0 aromatic heterocycles. The molecule has 0 unspecified atom stereocenters. The number of hydrogen-bond acceptors (Lipinski definition) is 4. The SMILES string of the molecule is CCCNS(=O)(=O)c1ccc(NC(=O)CCCNC)cc1. The minimum atomic E-state index is -3.46. The van der Waals surface area contributed by atoms with E-state index in [2.05, 4.69) is 15.4 Å². The van der Waals surface area contributed by atoms with Gasteiger partial charge in [0.2, 0.25) is 15.9 Å². The normalized spacial score (nSPS) is 11.3. The van der Waals surface area contributed by atoms with Gasteiger partial charge < -0.3 is 10.6 Å². The molecule has 1 amide bonds. The first kappa shape index (κ1) is 17.6. The number of amides is 1. The largest absolute Gasteiger partial charge is 0.326 e. The summed E-state index contributed by atoms with van der Waals surface area (Å²) in [6.45, 7) is 3.09. The monoisotopic (exact) mass is 313 g/mol. The molecule has 0 heterocycles. The fourth-order valence-electron chi connectivity index (χ4n) is 1.69. The van der Waals surface area contributed by atoms with Crippen molar-refractivity contribution in [1.29, 1.82) is 0 Å². The van der Waals surface area contributed by atoms with Crippen molar-refractivity contribution in [2.24, 2.45) is 0 Å². The number of anilines is 1. The van der Waals surface area contributed by atoms with Crippen LogP contribution in [-0.2, 0) is 14.8 Å². The summed E-state index contributed by atoms with van der Waals surface area (Å²) in [7, 11) is -1.62. The van der Waals surface area contributed by atoms with Crippen LogP contribution in [0.25, 0.3) is 0 Å². The van der Waals surface area contributed by atoms with Crippen molar-refractivity contribution < 1.29 is 13.2 Å². The van der Waals surface area contributed by atoms with Gasteiger partial charge in [0.15, 0.2) is 0 Å². The highest BCUT2D eigenvalue weighted by Crippen LogP contribution is 2.14. The van der Waals surface area contributed by atoms with E-state index in [4.69, 9.17) is 0 Å². The van der Waals surface area contributed by atoms with Crippen molar-refractivity contribution in [3.8, 4) is 0 Å². The van der Waals surface area contributed by atoms with Gasteiger partial charge in [-0.05, 0) is 50.7 Å². The molecule has 7 heteroatoms. The first-order valence-electron chi connectivity index (χ1n) is 7.03. The maximum atomic E-state index is 11.9. The maximum Gasteiger partial charge on any atom is 0.240 e. The van der Waals surface area contributed by atoms with Gasteiger partial charge in [0.25, 0.3) is 0 Å². The smallest absolute Gasteiger partial charge is 0.240 e. The zero-order valence-electron chi connectivity index (χ0n) is 12.5. The Bertz CT molecular complexity index is 541. The van der Waals surface area contributed by atoms with E-state index in [-0.39, 0.29) is 10.8 Å². The second-order valence-corrected chi connectivity index (χ2v) is 6.44. The molecule has 0 fully saturated rings. The maximum absolute atomic E-state index is 11.9. The van der Waals surface area contributed by atoms with Gasteiger partial charge in [-0.1, -0.05) is 6.92 Å². The summed E-state index contributed by atoms with van der Waals surface area (Å²) in [5.41, 5.74) is 0.596. The molecule has 0 bridgehead atoms. The highest BCUT2D eigenvalue weighted by atomic mass is 32.2. The van der Waals surface area contributed by atoms with Crippen molar-refractivity contribution in [2.45, 2.75) is 31.1 Å². The van der Waals surface area contributed by atoms with E-state index in [1.807, 2.05) is 14.0 Å². The van der Waals surface area contributed by atoms with E-state index in [9.17, 15) is 13.2 Å². The van der Waals surface area contributed by atoms with Crippen LogP contribution in [0.4, 0.5) is 5.69 Å². The zero-order chi connectivity index (χ0) is 15.7. The number of benzene rings is 1. The predicted molar refractivity (Wildman–Crippen MR) is 83.7 cm³/mol. The van der Waals surface area contributed by atoms with Gasteiger partial charge in [-0.25, -0.2) is 13.1 Å². The molecule has 0 aliphatic heterocycles. The van der Waals surface area contributed by atoms with Crippen LogP contribution in [0.2, 0.25) is 0 Å². The molecule has 0 aliphatic rings. The van der Waals surface area contributed by atoms with Gasteiger partial charge in [0.1, 0.15) is 0 Å². The van der Waals surface area contributed by atoms with Crippen molar-refractivity contribution in [3.63, 3.8) is 0 Å². The van der Waals surface area contributed by atoms with E-state index in [0.29, 0.717) is 18.7 Å². The molecule has 0 spiro atoms. The Balaban J connectivity index is 2.60. The molecular weight excluding hydrogens is 290 g/mol. The highest BCUT2D eigenvalue weighted by molar-refractivity contribution is 7.89. The molecule has 0 saturated heterocycles. The summed E-state index contributed by atoms with van der Waals surface area (Å²) >= 11 is 0. The molecule has 118 valence electrons. The fourth-order valence-corrected chi connectivity index (χ4v) is 2.82. The summed E-state index contributed by atoms with van der Waals surface area (Å²) in [5, 5.41) is 5.71. The summed E-state index contributed by atoms with van der Waals surface area (Å²) in [4.78, 5) is 11.8. The third-order valence-electron chi connectivity index (χ3n) is 2.82. The van der Waals surface area contributed by atoms with Crippen LogP contribution >= 0.6 is 0 Å². The number of hydrogen-bond donors (Lipinski definition) is 3. The van der Waals surface area contributed by atoms with Gasteiger partial charge in [-0.2, -0.15) is 0 Å². The predicted octanol–water partition coefficient (Wildman–Crippen LogP) is 1.31. The molecule has 1 aromatic rings. The lowest BCUT2D eigenvalue weighted by Gasteiger charge is -2.08.